The first-order chi connectivity index (χ1) is 12.1. The molecular formula is C18H25N5O2. The molecule has 0 bridgehead atoms. The predicted molar refractivity (Wildman–Crippen MR) is 95.6 cm³/mol. The number of nitrogens with zero attached hydrogens (tertiary/aromatic N) is 3. The Morgan fingerprint density at radius 3 is 2.64 bits per heavy atom. The number of hydrogen-bond acceptors (Lipinski definition) is 4. The molecule has 0 atom stereocenters. The van der Waals surface area contributed by atoms with Crippen LogP contribution in [0.1, 0.15) is 31.2 Å². The molecule has 0 aliphatic carbocycles. The number of urea groups is 1. The Kier molecular flexibility index (Phi) is 5.33. The smallest absolute Gasteiger partial charge is 0.321 e. The van der Waals surface area contributed by atoms with Gasteiger partial charge in [-0.25, -0.2) is 4.79 Å². The van der Waals surface area contributed by atoms with E-state index in [1.807, 2.05) is 32.2 Å². The summed E-state index contributed by atoms with van der Waals surface area (Å²) in [5, 5.41) is 9.92. The molecule has 2 aromatic rings. The van der Waals surface area contributed by atoms with Gasteiger partial charge in [-0.05, 0) is 18.4 Å². The van der Waals surface area contributed by atoms with Crippen LogP contribution in [0.2, 0.25) is 0 Å². The van der Waals surface area contributed by atoms with Gasteiger partial charge in [-0.3, -0.25) is 10.00 Å². The molecule has 2 amide bonds. The fourth-order valence-electron chi connectivity index (χ4n) is 3.29. The second-order valence-electron chi connectivity index (χ2n) is 6.40. The lowest BCUT2D eigenvalue weighted by atomic mass is 9.74. The van der Waals surface area contributed by atoms with Crippen LogP contribution in [-0.4, -0.2) is 40.6 Å². The summed E-state index contributed by atoms with van der Waals surface area (Å²) in [7, 11) is 1.82. The topological polar surface area (TPSA) is 81.1 Å². The van der Waals surface area contributed by atoms with Gasteiger partial charge in [-0.2, -0.15) is 4.98 Å². The molecule has 0 saturated carbocycles. The van der Waals surface area contributed by atoms with Gasteiger partial charge in [0.1, 0.15) is 5.82 Å². The molecule has 7 heteroatoms. The first kappa shape index (κ1) is 17.4. The van der Waals surface area contributed by atoms with E-state index in [0.717, 1.165) is 25.1 Å². The van der Waals surface area contributed by atoms with Gasteiger partial charge in [-0.1, -0.05) is 37.3 Å². The molecule has 1 aliphatic rings. The molecule has 25 heavy (non-hydrogen) atoms. The maximum Gasteiger partial charge on any atom is 0.321 e. The van der Waals surface area contributed by atoms with E-state index >= 15 is 0 Å². The van der Waals surface area contributed by atoms with Crippen molar-refractivity contribution in [2.45, 2.75) is 31.6 Å². The number of aryl methyl sites for hydroxylation is 2. The standard InChI is InChI=1S/C18H25N5O2/c1-3-15-20-16(22-23(15)2)21-17(24)19-13-18(9-11-25-12-10-18)14-7-5-4-6-8-14/h4-8H,3,9-13H2,1-2H3,(H2,19,21,22,24). The Hall–Kier alpha value is -2.41. The summed E-state index contributed by atoms with van der Waals surface area (Å²) >= 11 is 0. The van der Waals surface area contributed by atoms with Crippen LogP contribution in [0.25, 0.3) is 0 Å². The maximum atomic E-state index is 12.3. The van der Waals surface area contributed by atoms with Gasteiger partial charge in [0.25, 0.3) is 0 Å². The van der Waals surface area contributed by atoms with Crippen molar-refractivity contribution in [3.8, 4) is 0 Å². The summed E-state index contributed by atoms with van der Waals surface area (Å²) in [5.41, 5.74) is 1.14. The Morgan fingerprint density at radius 2 is 2.00 bits per heavy atom. The van der Waals surface area contributed by atoms with Gasteiger partial charge >= 0.3 is 6.03 Å². The van der Waals surface area contributed by atoms with Crippen molar-refractivity contribution >= 4 is 12.0 Å². The monoisotopic (exact) mass is 343 g/mol. The number of ether oxygens (including phenoxy) is 1. The summed E-state index contributed by atoms with van der Waals surface area (Å²) < 4.78 is 7.21. The summed E-state index contributed by atoms with van der Waals surface area (Å²) in [6.45, 7) is 3.97. The second-order valence-corrected chi connectivity index (χ2v) is 6.40. The largest absolute Gasteiger partial charge is 0.381 e. The number of benzene rings is 1. The van der Waals surface area contributed by atoms with Crippen LogP contribution in [0.4, 0.5) is 10.7 Å². The van der Waals surface area contributed by atoms with E-state index < -0.39 is 0 Å². The van der Waals surface area contributed by atoms with Gasteiger partial charge < -0.3 is 10.1 Å². The van der Waals surface area contributed by atoms with Crippen molar-refractivity contribution in [3.63, 3.8) is 0 Å². The van der Waals surface area contributed by atoms with Crippen molar-refractivity contribution in [1.29, 1.82) is 0 Å². The van der Waals surface area contributed by atoms with Crippen LogP contribution >= 0.6 is 0 Å². The lowest BCUT2D eigenvalue weighted by Crippen LogP contribution is -2.45. The average molecular weight is 343 g/mol. The molecule has 2 N–H and O–H groups in total. The van der Waals surface area contributed by atoms with Gasteiger partial charge in [0.2, 0.25) is 5.95 Å². The number of nitrogens with one attached hydrogen (secondary N) is 2. The van der Waals surface area contributed by atoms with Crippen molar-refractivity contribution in [3.05, 3.63) is 41.7 Å². The summed E-state index contributed by atoms with van der Waals surface area (Å²) in [6, 6.07) is 10.1. The van der Waals surface area contributed by atoms with E-state index in [-0.39, 0.29) is 11.4 Å². The fourth-order valence-corrected chi connectivity index (χ4v) is 3.29. The number of aromatic nitrogens is 3. The zero-order chi connectivity index (χ0) is 17.7. The van der Waals surface area contributed by atoms with E-state index in [2.05, 4.69) is 32.8 Å². The van der Waals surface area contributed by atoms with E-state index in [1.165, 1.54) is 5.56 Å². The third kappa shape index (κ3) is 3.99. The molecule has 0 radical (unpaired) electrons. The van der Waals surface area contributed by atoms with Crippen LogP contribution in [0.15, 0.2) is 30.3 Å². The highest BCUT2D eigenvalue weighted by molar-refractivity contribution is 5.87. The average Bonchev–Trinajstić information content (AvgIpc) is 3.01. The first-order valence-electron chi connectivity index (χ1n) is 8.71. The normalized spacial score (nSPS) is 16.4. The molecule has 3 rings (SSSR count). The lowest BCUT2D eigenvalue weighted by Gasteiger charge is -2.37. The van der Waals surface area contributed by atoms with Crippen LogP contribution < -0.4 is 10.6 Å². The molecular weight excluding hydrogens is 318 g/mol. The molecule has 1 aromatic heterocycles. The molecule has 1 saturated heterocycles. The van der Waals surface area contributed by atoms with Crippen LogP contribution in [0, 0.1) is 0 Å². The Morgan fingerprint density at radius 1 is 1.28 bits per heavy atom. The highest BCUT2D eigenvalue weighted by Crippen LogP contribution is 2.34. The molecule has 1 aliphatic heterocycles. The first-order valence-corrected chi connectivity index (χ1v) is 8.71. The maximum absolute atomic E-state index is 12.3. The van der Waals surface area contributed by atoms with E-state index in [4.69, 9.17) is 4.74 Å². The van der Waals surface area contributed by atoms with Crippen molar-refractivity contribution in [2.24, 2.45) is 7.05 Å². The number of carbonyl (C=O) groups excluding carboxylic acids is 1. The number of amides is 2. The number of hydrogen-bond donors (Lipinski definition) is 2. The molecule has 0 unspecified atom stereocenters. The molecule has 1 fully saturated rings. The van der Waals surface area contributed by atoms with Gasteiger partial charge in [0.15, 0.2) is 0 Å². The number of rotatable bonds is 5. The molecule has 1 aromatic carbocycles. The minimum atomic E-state index is -0.282. The number of anilines is 1. The Balaban J connectivity index is 1.65. The lowest BCUT2D eigenvalue weighted by molar-refractivity contribution is 0.0508. The molecule has 7 nitrogen and oxygen atoms in total. The summed E-state index contributed by atoms with van der Waals surface area (Å²) in [5.74, 6) is 1.16. The summed E-state index contributed by atoms with van der Waals surface area (Å²) in [6.07, 6.45) is 2.54. The Labute approximate surface area is 147 Å². The second kappa shape index (κ2) is 7.65. The van der Waals surface area contributed by atoms with Crippen LogP contribution in [0.5, 0.6) is 0 Å². The zero-order valence-electron chi connectivity index (χ0n) is 14.8. The van der Waals surface area contributed by atoms with Crippen molar-refractivity contribution in [2.75, 3.05) is 25.1 Å². The number of carbonyl (C=O) groups is 1. The Bertz CT molecular complexity index is 708. The van der Waals surface area contributed by atoms with Gasteiger partial charge in [0.05, 0.1) is 0 Å². The minimum absolute atomic E-state index is 0.0943. The molecule has 0 spiro atoms. The highest BCUT2D eigenvalue weighted by atomic mass is 16.5. The highest BCUT2D eigenvalue weighted by Gasteiger charge is 2.34. The SMILES string of the molecule is CCc1nc(NC(=O)NCC2(c3ccccc3)CCOCC2)nn1C. The van der Waals surface area contributed by atoms with Crippen LogP contribution in [-0.2, 0) is 23.6 Å². The molecule has 134 valence electrons. The van der Waals surface area contributed by atoms with Gasteiger partial charge in [-0.15, -0.1) is 5.10 Å². The van der Waals surface area contributed by atoms with Crippen molar-refractivity contribution in [1.82, 2.24) is 20.1 Å². The minimum Gasteiger partial charge on any atom is -0.381 e. The third-order valence-electron chi connectivity index (χ3n) is 4.82. The van der Waals surface area contributed by atoms with E-state index in [1.54, 1.807) is 4.68 Å². The quantitative estimate of drug-likeness (QED) is 0.872. The summed E-state index contributed by atoms with van der Waals surface area (Å²) in [4.78, 5) is 16.6. The predicted octanol–water partition coefficient (Wildman–Crippen LogP) is 2.25. The van der Waals surface area contributed by atoms with Crippen molar-refractivity contribution < 1.29 is 9.53 Å². The van der Waals surface area contributed by atoms with Gasteiger partial charge in [0, 0.05) is 38.6 Å². The zero-order valence-corrected chi connectivity index (χ0v) is 14.8. The fraction of sp³-hybridized carbons (Fsp3) is 0.500. The third-order valence-corrected chi connectivity index (χ3v) is 4.82. The van der Waals surface area contributed by atoms with E-state index in [9.17, 15) is 4.79 Å². The van der Waals surface area contributed by atoms with E-state index in [0.29, 0.717) is 25.7 Å². The van der Waals surface area contributed by atoms with Crippen LogP contribution in [0.3, 0.4) is 0 Å². The molecule has 2 heterocycles.